The maximum absolute atomic E-state index is 7.59. The molecule has 0 amide bonds. The molecule has 12 aromatic carbocycles. The molecule has 0 N–H and O–H groups in total. The Morgan fingerprint density at radius 1 is 0.364 bits per heavy atom. The van der Waals surface area contributed by atoms with Crippen molar-refractivity contribution >= 4 is 50.4 Å². The highest BCUT2D eigenvalue weighted by Gasteiger charge is 2.54. The summed E-state index contributed by atoms with van der Waals surface area (Å²) in [7, 11) is 0. The van der Waals surface area contributed by atoms with Crippen molar-refractivity contribution in [1.29, 1.82) is 0 Å². The summed E-state index contributed by atoms with van der Waals surface area (Å²) in [5, 5.41) is 2.22. The molecule has 5 aliphatic rings. The summed E-state index contributed by atoms with van der Waals surface area (Å²) < 4.78 is 7.59. The van der Waals surface area contributed by atoms with Crippen LogP contribution in [0.25, 0.3) is 77.6 Å². The van der Waals surface area contributed by atoms with Gasteiger partial charge in [-0.3, -0.25) is 0 Å². The largest absolute Gasteiger partial charge is 0.454 e. The molecule has 0 radical (unpaired) electrons. The van der Waals surface area contributed by atoms with E-state index in [1.165, 1.54) is 100 Å². The fourth-order valence-corrected chi connectivity index (χ4v) is 16.8. The predicted molar refractivity (Wildman–Crippen MR) is 365 cm³/mol. The lowest BCUT2D eigenvalue weighted by Gasteiger charge is -2.45. The number of anilines is 5. The Hall–Kier alpha value is -10.5. The average molecular weight is 1130 g/mol. The lowest BCUT2D eigenvalue weighted by Crippen LogP contribution is -2.43. The number of allylic oxidation sites excluding steroid dienone is 2. The van der Waals surface area contributed by atoms with E-state index >= 15 is 0 Å². The minimum atomic E-state index is -0.767. The van der Waals surface area contributed by atoms with E-state index in [-0.39, 0.29) is 10.8 Å². The molecule has 1 heterocycles. The predicted octanol–water partition coefficient (Wildman–Crippen LogP) is 22.2. The van der Waals surface area contributed by atoms with Gasteiger partial charge in [0.05, 0.1) is 22.3 Å². The minimum absolute atomic E-state index is 0.207. The minimum Gasteiger partial charge on any atom is -0.454 e. The van der Waals surface area contributed by atoms with E-state index in [1.807, 2.05) is 0 Å². The summed E-state index contributed by atoms with van der Waals surface area (Å²) in [6, 6.07) is 101. The molecule has 0 bridgehead atoms. The van der Waals surface area contributed by atoms with Crippen LogP contribution < -0.4 is 9.80 Å². The number of hydrogen-bond donors (Lipinski definition) is 0. The first kappa shape index (κ1) is 50.8. The molecule has 1 spiro atoms. The third-order valence-electron chi connectivity index (χ3n) is 20.8. The van der Waals surface area contributed by atoms with Gasteiger partial charge < -0.3 is 14.2 Å². The van der Waals surface area contributed by atoms with E-state index in [2.05, 4.69) is 329 Å². The van der Waals surface area contributed by atoms with Gasteiger partial charge in [0, 0.05) is 44.2 Å². The summed E-state index contributed by atoms with van der Waals surface area (Å²) in [5.41, 5.74) is 29.4. The molecule has 0 aliphatic heterocycles. The molecule has 0 saturated heterocycles. The van der Waals surface area contributed by atoms with E-state index in [4.69, 9.17) is 4.42 Å². The number of fused-ring (bicyclic) bond motifs is 20. The van der Waals surface area contributed by atoms with Gasteiger partial charge in [0.15, 0.2) is 5.58 Å². The van der Waals surface area contributed by atoms with Crippen LogP contribution >= 0.6 is 0 Å². The summed E-state index contributed by atoms with van der Waals surface area (Å²) >= 11 is 0. The van der Waals surface area contributed by atoms with Gasteiger partial charge in [0.1, 0.15) is 5.58 Å². The van der Waals surface area contributed by atoms with E-state index in [1.54, 1.807) is 0 Å². The third-order valence-corrected chi connectivity index (χ3v) is 20.8. The topological polar surface area (TPSA) is 19.6 Å². The molecule has 18 rings (SSSR count). The summed E-state index contributed by atoms with van der Waals surface area (Å²) in [4.78, 5) is 5.21. The quantitative estimate of drug-likeness (QED) is 0.151. The first-order valence-electron chi connectivity index (χ1n) is 31.1. The normalized spacial score (nSPS) is 16.8. The Morgan fingerprint density at radius 3 is 1.48 bits per heavy atom. The van der Waals surface area contributed by atoms with Gasteiger partial charge >= 0.3 is 0 Å². The average Bonchev–Trinajstić information content (AvgIpc) is 1.50. The second-order valence-electron chi connectivity index (χ2n) is 25.8. The highest BCUT2D eigenvalue weighted by molar-refractivity contribution is 6.20. The Labute approximate surface area is 514 Å². The van der Waals surface area contributed by atoms with Gasteiger partial charge in [-0.25, -0.2) is 0 Å². The molecule has 3 heteroatoms. The number of nitrogens with zero attached hydrogens (tertiary/aromatic N) is 2. The zero-order chi connectivity index (χ0) is 58.7. The second-order valence-corrected chi connectivity index (χ2v) is 25.8. The molecule has 88 heavy (non-hydrogen) atoms. The fraction of sp³-hybridized carbons (Fsp3) is 0.106. The van der Waals surface area contributed by atoms with Crippen molar-refractivity contribution in [2.45, 2.75) is 55.9 Å². The second kappa shape index (κ2) is 18.5. The van der Waals surface area contributed by atoms with Crippen LogP contribution in [0.15, 0.2) is 296 Å². The molecule has 1 aromatic heterocycles. The maximum Gasteiger partial charge on any atom is 0.159 e. The zero-order valence-electron chi connectivity index (χ0n) is 49.7. The summed E-state index contributed by atoms with van der Waals surface area (Å²) in [5.74, 6) is 0. The van der Waals surface area contributed by atoms with Gasteiger partial charge in [-0.15, -0.1) is 0 Å². The molecule has 13 aromatic rings. The highest BCUT2D eigenvalue weighted by atomic mass is 16.3. The molecule has 5 aliphatic carbocycles. The van der Waals surface area contributed by atoms with Crippen LogP contribution in [0.1, 0.15) is 84.2 Å². The molecule has 418 valence electrons. The Balaban J connectivity index is 0.955. The molecule has 3 nitrogen and oxygen atoms in total. The maximum atomic E-state index is 7.59. The van der Waals surface area contributed by atoms with Crippen molar-refractivity contribution in [3.63, 3.8) is 0 Å². The van der Waals surface area contributed by atoms with E-state index < -0.39 is 11.0 Å². The zero-order valence-corrected chi connectivity index (χ0v) is 49.7. The Morgan fingerprint density at radius 2 is 0.852 bits per heavy atom. The molecular weight excluding hydrogens is 1060 g/mol. The fourth-order valence-electron chi connectivity index (χ4n) is 16.8. The number of hydrogen-bond acceptors (Lipinski definition) is 3. The summed E-state index contributed by atoms with van der Waals surface area (Å²) in [6.45, 7) is 9.56. The van der Waals surface area contributed by atoms with Crippen molar-refractivity contribution in [3.8, 4) is 55.6 Å². The number of benzene rings is 12. The van der Waals surface area contributed by atoms with Gasteiger partial charge in [-0.05, 0) is 161 Å². The SMILES string of the molecule is CC1(C)c2ccccc2-c2ccc(N(c3ccc4c(c3)C3(c5ccccc5-c5ccccc53)c3cc(N(c5ccc6c(c5)C(C)(C)c5ccccc5-6)C5(c6ccccc6)C=CC=CC5)c5oc6ccccc6c5c3-4)c3ccccc3-c3ccccc3)cc21. The van der Waals surface area contributed by atoms with Gasteiger partial charge in [0.25, 0.3) is 0 Å². The van der Waals surface area contributed by atoms with Crippen molar-refractivity contribution in [3.05, 3.63) is 341 Å². The van der Waals surface area contributed by atoms with Crippen LogP contribution in [0.3, 0.4) is 0 Å². The smallest absolute Gasteiger partial charge is 0.159 e. The standard InChI is InChI=1S/C85H62N2O/c1-82(2)68-36-18-12-31-60(68)64-45-42-56(50-72(64)82)86(76-40-22-16-30-59(76)54-26-8-5-9-27-54)57-43-47-66-74(51-57)85(70-38-20-14-33-62(70)63-34-15-21-39-71(63)85)75-53-77(81-80(79(66)75)67-35-17-23-41-78(67)88-81)87(84(48-24-7-25-49-84)55-28-10-6-11-29-55)58-44-46-65-61-32-13-19-37-69(61)83(3,4)73(65)52-58/h5-48,50-53H,49H2,1-4H3. The molecule has 1 unspecified atom stereocenters. The number of para-hydroxylation sites is 2. The van der Waals surface area contributed by atoms with Crippen LogP contribution in [0, 0.1) is 0 Å². The van der Waals surface area contributed by atoms with Gasteiger partial charge in [-0.1, -0.05) is 264 Å². The molecule has 0 fully saturated rings. The van der Waals surface area contributed by atoms with Crippen molar-refractivity contribution in [1.82, 2.24) is 0 Å². The number of furan rings is 1. The van der Waals surface area contributed by atoms with Gasteiger partial charge in [0.2, 0.25) is 0 Å². The van der Waals surface area contributed by atoms with Crippen LogP contribution in [0.2, 0.25) is 0 Å². The van der Waals surface area contributed by atoms with E-state index in [0.29, 0.717) is 0 Å². The third kappa shape index (κ3) is 6.79. The van der Waals surface area contributed by atoms with Gasteiger partial charge in [-0.2, -0.15) is 0 Å². The van der Waals surface area contributed by atoms with Crippen molar-refractivity contribution in [2.75, 3.05) is 9.80 Å². The first-order valence-corrected chi connectivity index (χ1v) is 31.1. The van der Waals surface area contributed by atoms with Crippen LogP contribution in [-0.4, -0.2) is 0 Å². The van der Waals surface area contributed by atoms with E-state index in [0.717, 1.165) is 62.4 Å². The summed E-state index contributed by atoms with van der Waals surface area (Å²) in [6.07, 6.45) is 9.99. The Kier molecular flexibility index (Phi) is 10.7. The first-order chi connectivity index (χ1) is 43.2. The molecule has 1 atom stereocenters. The van der Waals surface area contributed by atoms with Crippen molar-refractivity contribution in [2.24, 2.45) is 0 Å². The van der Waals surface area contributed by atoms with Crippen LogP contribution in [0.4, 0.5) is 28.4 Å². The monoisotopic (exact) mass is 1130 g/mol. The van der Waals surface area contributed by atoms with Crippen molar-refractivity contribution < 1.29 is 4.42 Å². The molecule has 0 saturated carbocycles. The lowest BCUT2D eigenvalue weighted by atomic mass is 9.70. The lowest BCUT2D eigenvalue weighted by molar-refractivity contribution is 0.543. The van der Waals surface area contributed by atoms with E-state index in [9.17, 15) is 0 Å². The Bertz CT molecular complexity index is 5110. The number of rotatable bonds is 8. The molecular formula is C85H62N2O. The van der Waals surface area contributed by atoms with Crippen LogP contribution in [-0.2, 0) is 21.8 Å². The highest BCUT2D eigenvalue weighted by Crippen LogP contribution is 2.67. The van der Waals surface area contributed by atoms with Crippen LogP contribution in [0.5, 0.6) is 0 Å².